The first kappa shape index (κ1) is 17.9. The highest BCUT2D eigenvalue weighted by atomic mass is 32.2. The van der Waals surface area contributed by atoms with E-state index in [9.17, 15) is 12.8 Å². The van der Waals surface area contributed by atoms with Gasteiger partial charge in [-0.3, -0.25) is 4.99 Å². The molecule has 0 aliphatic heterocycles. The molecule has 0 fully saturated rings. The van der Waals surface area contributed by atoms with Crippen LogP contribution in [0.15, 0.2) is 64.5 Å². The molecule has 0 aliphatic rings. The normalized spacial score (nSPS) is 12.0. The number of hydrogen-bond donors (Lipinski definition) is 2. The minimum absolute atomic E-state index is 0.0335. The summed E-state index contributed by atoms with van der Waals surface area (Å²) in [4.78, 5) is 4.35. The number of rotatable bonds is 6. The second-order valence-electron chi connectivity index (χ2n) is 5.11. The van der Waals surface area contributed by atoms with Crippen LogP contribution in [0, 0.1) is 5.82 Å². The van der Waals surface area contributed by atoms with Gasteiger partial charge in [0.15, 0.2) is 15.8 Å². The van der Waals surface area contributed by atoms with Gasteiger partial charge in [-0.2, -0.15) is 0 Å². The monoisotopic (exact) mass is 349 g/mol. The topological polar surface area (TPSA) is 70.6 Å². The summed E-state index contributed by atoms with van der Waals surface area (Å²) in [5.74, 6) is 0.170. The zero-order valence-electron chi connectivity index (χ0n) is 13.4. The first-order chi connectivity index (χ1) is 11.5. The van der Waals surface area contributed by atoms with Gasteiger partial charge >= 0.3 is 0 Å². The van der Waals surface area contributed by atoms with Crippen LogP contribution in [0.2, 0.25) is 0 Å². The number of nitrogens with zero attached hydrogens (tertiary/aromatic N) is 1. The second-order valence-corrected chi connectivity index (χ2v) is 7.22. The fourth-order valence-corrected chi connectivity index (χ4v) is 3.24. The Kier molecular flexibility index (Phi) is 6.31. The van der Waals surface area contributed by atoms with Crippen LogP contribution >= 0.6 is 0 Å². The summed E-state index contributed by atoms with van der Waals surface area (Å²) in [7, 11) is -1.72. The van der Waals surface area contributed by atoms with Crippen LogP contribution in [0.1, 0.15) is 5.56 Å². The third-order valence-electron chi connectivity index (χ3n) is 3.36. The fourth-order valence-electron chi connectivity index (χ4n) is 2.06. The molecule has 0 radical (unpaired) electrons. The van der Waals surface area contributed by atoms with E-state index in [2.05, 4.69) is 15.6 Å². The maximum absolute atomic E-state index is 12.9. The number of hydrogen-bond acceptors (Lipinski definition) is 3. The molecule has 24 heavy (non-hydrogen) atoms. The van der Waals surface area contributed by atoms with Gasteiger partial charge < -0.3 is 10.6 Å². The van der Waals surface area contributed by atoms with Gasteiger partial charge in [-0.05, 0) is 29.8 Å². The van der Waals surface area contributed by atoms with E-state index in [-0.39, 0.29) is 18.1 Å². The highest BCUT2D eigenvalue weighted by Crippen LogP contribution is 2.09. The second kappa shape index (κ2) is 8.44. The van der Waals surface area contributed by atoms with Crippen LogP contribution in [0.25, 0.3) is 0 Å². The first-order valence-electron chi connectivity index (χ1n) is 7.48. The smallest absolute Gasteiger partial charge is 0.191 e. The van der Waals surface area contributed by atoms with Crippen LogP contribution in [0.5, 0.6) is 0 Å². The summed E-state index contributed by atoms with van der Waals surface area (Å²) < 4.78 is 37.2. The molecule has 0 saturated carbocycles. The van der Waals surface area contributed by atoms with E-state index >= 15 is 0 Å². The Labute approximate surface area is 141 Å². The van der Waals surface area contributed by atoms with Crippen molar-refractivity contribution in [3.8, 4) is 0 Å². The standard InChI is InChI=1S/C17H20FN3O2S/c1-19-17(21-13-14-7-9-15(18)10-8-14)20-11-12-24(22,23)16-5-3-2-4-6-16/h2-10H,11-13H2,1H3,(H2,19,20,21). The van der Waals surface area contributed by atoms with Crippen molar-refractivity contribution in [1.29, 1.82) is 0 Å². The minimum Gasteiger partial charge on any atom is -0.355 e. The molecule has 0 aliphatic carbocycles. The average Bonchev–Trinajstić information content (AvgIpc) is 2.60. The molecule has 2 aromatic carbocycles. The highest BCUT2D eigenvalue weighted by molar-refractivity contribution is 7.91. The van der Waals surface area contributed by atoms with Gasteiger partial charge in [0.05, 0.1) is 10.6 Å². The maximum Gasteiger partial charge on any atom is 0.191 e. The Bertz CT molecular complexity index is 775. The predicted octanol–water partition coefficient (Wildman–Crippen LogP) is 1.96. The molecule has 0 heterocycles. The van der Waals surface area contributed by atoms with E-state index in [1.165, 1.54) is 12.1 Å². The average molecular weight is 349 g/mol. The van der Waals surface area contributed by atoms with E-state index < -0.39 is 9.84 Å². The lowest BCUT2D eigenvalue weighted by atomic mass is 10.2. The Hall–Kier alpha value is -2.41. The van der Waals surface area contributed by atoms with Crippen molar-refractivity contribution in [1.82, 2.24) is 10.6 Å². The van der Waals surface area contributed by atoms with Crippen molar-refractivity contribution in [2.24, 2.45) is 4.99 Å². The van der Waals surface area contributed by atoms with E-state index in [4.69, 9.17) is 0 Å². The molecule has 0 saturated heterocycles. The zero-order chi connectivity index (χ0) is 17.4. The van der Waals surface area contributed by atoms with Gasteiger partial charge in [0.1, 0.15) is 5.82 Å². The molecular weight excluding hydrogens is 329 g/mol. The molecule has 5 nitrogen and oxygen atoms in total. The Morgan fingerprint density at radius 2 is 1.71 bits per heavy atom. The Morgan fingerprint density at radius 3 is 2.33 bits per heavy atom. The molecule has 0 bridgehead atoms. The first-order valence-corrected chi connectivity index (χ1v) is 9.13. The zero-order valence-corrected chi connectivity index (χ0v) is 14.2. The number of aliphatic imine (C=N–C) groups is 1. The number of benzene rings is 2. The third-order valence-corrected chi connectivity index (χ3v) is 5.09. The summed E-state index contributed by atoms with van der Waals surface area (Å²) >= 11 is 0. The van der Waals surface area contributed by atoms with E-state index in [0.717, 1.165) is 5.56 Å². The number of guanidine groups is 1. The molecule has 128 valence electrons. The predicted molar refractivity (Wildman–Crippen MR) is 93.1 cm³/mol. The van der Waals surface area contributed by atoms with Gasteiger partial charge in [0, 0.05) is 20.1 Å². The van der Waals surface area contributed by atoms with Crippen molar-refractivity contribution in [2.45, 2.75) is 11.4 Å². The molecule has 2 rings (SSSR count). The maximum atomic E-state index is 12.9. The molecule has 0 spiro atoms. The number of sulfone groups is 1. The van der Waals surface area contributed by atoms with E-state index in [1.807, 2.05) is 0 Å². The molecule has 0 aromatic heterocycles. The molecule has 0 unspecified atom stereocenters. The van der Waals surface area contributed by atoms with Crippen LogP contribution in [0.4, 0.5) is 4.39 Å². The molecule has 2 aromatic rings. The van der Waals surface area contributed by atoms with Gasteiger partial charge in [-0.15, -0.1) is 0 Å². The third kappa shape index (κ3) is 5.34. The van der Waals surface area contributed by atoms with Crippen molar-refractivity contribution in [3.05, 3.63) is 66.0 Å². The Morgan fingerprint density at radius 1 is 1.04 bits per heavy atom. The summed E-state index contributed by atoms with van der Waals surface area (Å²) in [5, 5.41) is 6.02. The van der Waals surface area contributed by atoms with Crippen molar-refractivity contribution in [3.63, 3.8) is 0 Å². The summed E-state index contributed by atoms with van der Waals surface area (Å²) in [5.41, 5.74) is 0.899. The van der Waals surface area contributed by atoms with E-state index in [0.29, 0.717) is 17.4 Å². The van der Waals surface area contributed by atoms with Gasteiger partial charge in [0.2, 0.25) is 0 Å². The quantitative estimate of drug-likeness (QED) is 0.618. The Balaban J connectivity index is 1.82. The molecular formula is C17H20FN3O2S. The van der Waals surface area contributed by atoms with E-state index in [1.54, 1.807) is 49.5 Å². The van der Waals surface area contributed by atoms with Crippen LogP contribution in [-0.4, -0.2) is 33.7 Å². The summed E-state index contributed by atoms with van der Waals surface area (Å²) in [6.07, 6.45) is 0. The summed E-state index contributed by atoms with van der Waals surface area (Å²) in [6, 6.07) is 14.5. The molecule has 2 N–H and O–H groups in total. The molecule has 7 heteroatoms. The van der Waals surface area contributed by atoms with Gasteiger partial charge in [-0.25, -0.2) is 12.8 Å². The fraction of sp³-hybridized carbons (Fsp3) is 0.235. The summed E-state index contributed by atoms with van der Waals surface area (Å²) in [6.45, 7) is 0.700. The lowest BCUT2D eigenvalue weighted by molar-refractivity contribution is 0.594. The van der Waals surface area contributed by atoms with Crippen LogP contribution < -0.4 is 10.6 Å². The van der Waals surface area contributed by atoms with Gasteiger partial charge in [0.25, 0.3) is 0 Å². The lowest BCUT2D eigenvalue weighted by Gasteiger charge is -2.12. The molecule has 0 atom stereocenters. The lowest BCUT2D eigenvalue weighted by Crippen LogP contribution is -2.39. The van der Waals surface area contributed by atoms with Crippen molar-refractivity contribution in [2.75, 3.05) is 19.3 Å². The van der Waals surface area contributed by atoms with Crippen LogP contribution in [0.3, 0.4) is 0 Å². The number of nitrogens with one attached hydrogen (secondary N) is 2. The number of halogens is 1. The molecule has 0 amide bonds. The van der Waals surface area contributed by atoms with Crippen molar-refractivity contribution >= 4 is 15.8 Å². The largest absolute Gasteiger partial charge is 0.355 e. The highest BCUT2D eigenvalue weighted by Gasteiger charge is 2.13. The minimum atomic E-state index is -3.32. The van der Waals surface area contributed by atoms with Crippen LogP contribution in [-0.2, 0) is 16.4 Å². The van der Waals surface area contributed by atoms with Gasteiger partial charge in [-0.1, -0.05) is 30.3 Å². The SMILES string of the molecule is CN=C(NCCS(=O)(=O)c1ccccc1)NCc1ccc(F)cc1. The van der Waals surface area contributed by atoms with Crippen molar-refractivity contribution < 1.29 is 12.8 Å².